The average molecular weight is 504 g/mol. The first-order valence-electron chi connectivity index (χ1n) is 10.2. The Labute approximate surface area is 200 Å². The molecule has 0 spiro atoms. The molecule has 0 bridgehead atoms. The van der Waals surface area contributed by atoms with E-state index in [0.29, 0.717) is 15.5 Å². The number of nitrogens with zero attached hydrogens (tertiary/aromatic N) is 2. The Hall–Kier alpha value is -3.73. The number of hydrogen-bond acceptors (Lipinski definition) is 4. The van der Waals surface area contributed by atoms with Crippen molar-refractivity contribution >= 4 is 40.7 Å². The first-order chi connectivity index (χ1) is 16.6. The van der Waals surface area contributed by atoms with Gasteiger partial charge in [-0.2, -0.15) is 27.1 Å². The van der Waals surface area contributed by atoms with Gasteiger partial charge in [0.15, 0.2) is 0 Å². The Morgan fingerprint density at radius 1 is 1.00 bits per heavy atom. The van der Waals surface area contributed by atoms with Gasteiger partial charge in [0.1, 0.15) is 0 Å². The molecule has 2 heterocycles. The highest BCUT2D eigenvalue weighted by molar-refractivity contribution is 7.99. The highest BCUT2D eigenvalue weighted by Gasteiger charge is 2.57. The number of aromatic amines is 1. The van der Waals surface area contributed by atoms with Crippen LogP contribution in [0.3, 0.4) is 0 Å². The summed E-state index contributed by atoms with van der Waals surface area (Å²) in [5.74, 6) is -6.05. The molecule has 35 heavy (non-hydrogen) atoms. The lowest BCUT2D eigenvalue weighted by Gasteiger charge is -2.20. The summed E-state index contributed by atoms with van der Waals surface area (Å²) in [7, 11) is 0. The fourth-order valence-electron chi connectivity index (χ4n) is 3.11. The smallest absolute Gasteiger partial charge is 0.346 e. The number of carbonyl (C=O) groups excluding carboxylic acids is 1. The van der Waals surface area contributed by atoms with Crippen molar-refractivity contribution in [3.05, 3.63) is 83.8 Å². The molecule has 1 amide bonds. The first kappa shape index (κ1) is 24.4. The van der Waals surface area contributed by atoms with Crippen LogP contribution < -0.4 is 5.32 Å². The maximum Gasteiger partial charge on any atom is 0.455 e. The molecule has 0 aliphatic carbocycles. The standard InChI is InChI=1S/C24H17F5N4OS/c25-23(26,24(27,28)29)14-31-22(34)18-6-1-2-7-21(18)35-16-9-10-17-19(32-33-20(17)13-16)11-8-15-5-3-4-12-30-15/h1-13H,14H2,(H,31,34)(H,32,33)/b11-8+. The van der Waals surface area contributed by atoms with Gasteiger partial charge in [0.25, 0.3) is 5.91 Å². The average Bonchev–Trinajstić information content (AvgIpc) is 3.24. The van der Waals surface area contributed by atoms with Gasteiger partial charge in [-0.15, -0.1) is 0 Å². The minimum atomic E-state index is -5.75. The summed E-state index contributed by atoms with van der Waals surface area (Å²) in [6.07, 6.45) is -0.411. The highest BCUT2D eigenvalue weighted by Crippen LogP contribution is 2.35. The Morgan fingerprint density at radius 3 is 2.51 bits per heavy atom. The number of alkyl halides is 5. The number of fused-ring (bicyclic) bond motifs is 1. The molecule has 2 aromatic carbocycles. The van der Waals surface area contributed by atoms with Crippen LogP contribution in [0.15, 0.2) is 76.7 Å². The highest BCUT2D eigenvalue weighted by atomic mass is 32.2. The molecule has 0 saturated heterocycles. The molecule has 11 heteroatoms. The predicted molar refractivity (Wildman–Crippen MR) is 123 cm³/mol. The predicted octanol–water partition coefficient (Wildman–Crippen LogP) is 6.21. The molecular weight excluding hydrogens is 487 g/mol. The number of benzene rings is 2. The molecule has 4 rings (SSSR count). The molecule has 0 aliphatic heterocycles. The van der Waals surface area contributed by atoms with E-state index in [2.05, 4.69) is 15.2 Å². The van der Waals surface area contributed by atoms with E-state index in [1.54, 1.807) is 35.8 Å². The number of rotatable bonds is 7. The molecule has 0 saturated carbocycles. The van der Waals surface area contributed by atoms with Gasteiger partial charge < -0.3 is 5.32 Å². The second-order valence-electron chi connectivity index (χ2n) is 7.39. The third-order valence-corrected chi connectivity index (χ3v) is 5.97. The van der Waals surface area contributed by atoms with E-state index in [4.69, 9.17) is 0 Å². The van der Waals surface area contributed by atoms with Crippen LogP contribution in [-0.2, 0) is 0 Å². The van der Waals surface area contributed by atoms with Crippen LogP contribution >= 0.6 is 11.8 Å². The van der Waals surface area contributed by atoms with Gasteiger partial charge in [0, 0.05) is 21.4 Å². The van der Waals surface area contributed by atoms with Crippen LogP contribution in [0, 0.1) is 0 Å². The SMILES string of the molecule is O=C(NCC(F)(F)C(F)(F)F)c1ccccc1Sc1ccc2c(/C=C/c3ccccn3)n[nH]c2c1. The summed E-state index contributed by atoms with van der Waals surface area (Å²) < 4.78 is 63.6. The lowest BCUT2D eigenvalue weighted by atomic mass is 10.2. The molecule has 0 aliphatic rings. The molecule has 0 radical (unpaired) electrons. The second-order valence-corrected chi connectivity index (χ2v) is 8.50. The zero-order chi connectivity index (χ0) is 25.1. The quantitative estimate of drug-likeness (QED) is 0.294. The van der Waals surface area contributed by atoms with Crippen molar-refractivity contribution in [2.45, 2.75) is 21.9 Å². The van der Waals surface area contributed by atoms with Crippen LogP contribution in [0.4, 0.5) is 22.0 Å². The van der Waals surface area contributed by atoms with E-state index in [1.807, 2.05) is 36.4 Å². The zero-order valence-corrected chi connectivity index (χ0v) is 18.6. The maximum atomic E-state index is 13.2. The molecule has 2 N–H and O–H groups in total. The van der Waals surface area contributed by atoms with Crippen LogP contribution in [0.1, 0.15) is 21.7 Å². The van der Waals surface area contributed by atoms with Gasteiger partial charge in [-0.25, -0.2) is 0 Å². The minimum Gasteiger partial charge on any atom is -0.346 e. The topological polar surface area (TPSA) is 70.7 Å². The zero-order valence-electron chi connectivity index (χ0n) is 17.8. The molecule has 0 unspecified atom stereocenters. The van der Waals surface area contributed by atoms with Crippen LogP contribution in [0.5, 0.6) is 0 Å². The molecule has 0 atom stereocenters. The Bertz CT molecular complexity index is 1370. The fourth-order valence-corrected chi connectivity index (χ4v) is 4.09. The Morgan fingerprint density at radius 2 is 1.77 bits per heavy atom. The van der Waals surface area contributed by atoms with Crippen molar-refractivity contribution in [1.29, 1.82) is 0 Å². The summed E-state index contributed by atoms with van der Waals surface area (Å²) in [4.78, 5) is 17.7. The van der Waals surface area contributed by atoms with Gasteiger partial charge in [0.05, 0.1) is 29.0 Å². The van der Waals surface area contributed by atoms with E-state index in [0.717, 1.165) is 16.6 Å². The van der Waals surface area contributed by atoms with E-state index < -0.39 is 24.6 Å². The largest absolute Gasteiger partial charge is 0.455 e. The maximum absolute atomic E-state index is 13.2. The van der Waals surface area contributed by atoms with E-state index in [-0.39, 0.29) is 5.56 Å². The van der Waals surface area contributed by atoms with Gasteiger partial charge in [-0.05, 0) is 54.6 Å². The van der Waals surface area contributed by atoms with Crippen molar-refractivity contribution < 1.29 is 26.7 Å². The number of amides is 1. The van der Waals surface area contributed by atoms with Gasteiger partial charge in [0.2, 0.25) is 0 Å². The summed E-state index contributed by atoms with van der Waals surface area (Å²) in [6, 6.07) is 17.1. The van der Waals surface area contributed by atoms with Gasteiger partial charge in [-0.3, -0.25) is 14.9 Å². The van der Waals surface area contributed by atoms with Crippen LogP contribution in [0.2, 0.25) is 0 Å². The summed E-state index contributed by atoms with van der Waals surface area (Å²) >= 11 is 1.17. The van der Waals surface area contributed by atoms with Crippen LogP contribution in [-0.4, -0.2) is 39.7 Å². The lowest BCUT2D eigenvalue weighted by molar-refractivity contribution is -0.278. The number of hydrogen-bond donors (Lipinski definition) is 2. The van der Waals surface area contributed by atoms with Gasteiger partial charge in [-0.1, -0.05) is 30.0 Å². The van der Waals surface area contributed by atoms with E-state index >= 15 is 0 Å². The third kappa shape index (κ3) is 5.68. The van der Waals surface area contributed by atoms with Crippen LogP contribution in [0.25, 0.3) is 23.1 Å². The van der Waals surface area contributed by atoms with Crippen molar-refractivity contribution in [2.24, 2.45) is 0 Å². The summed E-state index contributed by atoms with van der Waals surface area (Å²) in [5.41, 5.74) is 2.19. The van der Waals surface area contributed by atoms with Crippen molar-refractivity contribution in [1.82, 2.24) is 20.5 Å². The van der Waals surface area contributed by atoms with E-state index in [1.165, 1.54) is 23.9 Å². The second kappa shape index (κ2) is 9.87. The number of H-pyrrole nitrogens is 1. The number of aromatic nitrogens is 3. The molecule has 4 aromatic rings. The first-order valence-corrected chi connectivity index (χ1v) is 11.0. The number of carbonyl (C=O) groups is 1. The van der Waals surface area contributed by atoms with Crippen molar-refractivity contribution in [3.8, 4) is 0 Å². The number of halogens is 5. The molecule has 5 nitrogen and oxygen atoms in total. The number of nitrogens with one attached hydrogen (secondary N) is 2. The van der Waals surface area contributed by atoms with E-state index in [9.17, 15) is 26.7 Å². The third-order valence-electron chi connectivity index (χ3n) is 4.91. The monoisotopic (exact) mass is 504 g/mol. The minimum absolute atomic E-state index is 0.0147. The molecular formula is C24H17F5N4OS. The van der Waals surface area contributed by atoms with Crippen molar-refractivity contribution in [3.63, 3.8) is 0 Å². The fraction of sp³-hybridized carbons (Fsp3) is 0.125. The van der Waals surface area contributed by atoms with Gasteiger partial charge >= 0.3 is 12.1 Å². The molecule has 180 valence electrons. The molecule has 0 fully saturated rings. The number of pyridine rings is 1. The lowest BCUT2D eigenvalue weighted by Crippen LogP contribution is -2.46. The summed E-state index contributed by atoms with van der Waals surface area (Å²) in [5, 5.41) is 9.76. The normalized spacial score (nSPS) is 12.4. The summed E-state index contributed by atoms with van der Waals surface area (Å²) in [6.45, 7) is -1.84. The van der Waals surface area contributed by atoms with Crippen molar-refractivity contribution in [2.75, 3.05) is 6.54 Å². The Kier molecular flexibility index (Phi) is 6.88. The molecule has 2 aromatic heterocycles. The Balaban J connectivity index is 1.51.